The molecule has 6 atom stereocenters. The van der Waals surface area contributed by atoms with E-state index in [1.807, 2.05) is 0 Å². The van der Waals surface area contributed by atoms with Gasteiger partial charge < -0.3 is 28.4 Å². The molecule has 2 fully saturated rings. The monoisotopic (exact) mass is 374 g/mol. The minimum Gasteiger partial charge on any atom is -0.456 e. The molecule has 0 saturated carbocycles. The third-order valence-electron chi connectivity index (χ3n) is 3.88. The molecule has 10 nitrogen and oxygen atoms in total. The van der Waals surface area contributed by atoms with Gasteiger partial charge in [0, 0.05) is 27.7 Å². The third-order valence-corrected chi connectivity index (χ3v) is 3.88. The van der Waals surface area contributed by atoms with E-state index in [0.717, 1.165) is 20.8 Å². The van der Waals surface area contributed by atoms with Crippen LogP contribution in [-0.4, -0.2) is 66.8 Å². The fraction of sp³-hybridized carbons (Fsp3) is 0.750. The lowest BCUT2D eigenvalue weighted by atomic mass is 9.90. The van der Waals surface area contributed by atoms with Gasteiger partial charge in [0.1, 0.15) is 11.7 Å². The molecule has 2 aliphatic heterocycles. The first-order valence-electron chi connectivity index (χ1n) is 8.02. The van der Waals surface area contributed by atoms with E-state index < -0.39 is 60.2 Å². The highest BCUT2D eigenvalue weighted by atomic mass is 16.8. The second kappa shape index (κ2) is 7.58. The van der Waals surface area contributed by atoms with Crippen molar-refractivity contribution < 1.29 is 47.6 Å². The number of carbonyl (C=O) groups is 4. The number of rotatable bonds is 5. The lowest BCUT2D eigenvalue weighted by molar-refractivity contribution is -0.303. The van der Waals surface area contributed by atoms with E-state index in [0.29, 0.717) is 6.61 Å². The third kappa shape index (κ3) is 4.70. The average molecular weight is 374 g/mol. The Morgan fingerprint density at radius 1 is 0.769 bits per heavy atom. The minimum absolute atomic E-state index is 0.299. The highest BCUT2D eigenvalue weighted by Crippen LogP contribution is 2.41. The molecule has 0 amide bonds. The number of hydrogen-bond donors (Lipinski definition) is 0. The van der Waals surface area contributed by atoms with Gasteiger partial charge in [0.15, 0.2) is 12.2 Å². The minimum atomic E-state index is -1.36. The van der Waals surface area contributed by atoms with Crippen molar-refractivity contribution in [1.29, 1.82) is 0 Å². The summed E-state index contributed by atoms with van der Waals surface area (Å²) in [6.07, 6.45) is -5.96. The van der Waals surface area contributed by atoms with Gasteiger partial charge >= 0.3 is 23.9 Å². The van der Waals surface area contributed by atoms with Crippen molar-refractivity contribution in [3.63, 3.8) is 0 Å². The Bertz CT molecular complexity index is 596. The van der Waals surface area contributed by atoms with Gasteiger partial charge in [0.05, 0.1) is 6.61 Å². The summed E-state index contributed by atoms with van der Waals surface area (Å²) in [6, 6.07) is 0. The maximum absolute atomic E-state index is 11.6. The van der Waals surface area contributed by atoms with Crippen LogP contribution in [0, 0.1) is 0 Å². The largest absolute Gasteiger partial charge is 0.456 e. The van der Waals surface area contributed by atoms with E-state index >= 15 is 0 Å². The second-order valence-corrected chi connectivity index (χ2v) is 6.36. The van der Waals surface area contributed by atoms with E-state index in [1.54, 1.807) is 6.92 Å². The molecule has 0 aromatic heterocycles. The van der Waals surface area contributed by atoms with E-state index in [9.17, 15) is 19.2 Å². The molecular weight excluding hydrogens is 352 g/mol. The van der Waals surface area contributed by atoms with Gasteiger partial charge in [0.2, 0.25) is 12.4 Å². The van der Waals surface area contributed by atoms with Crippen molar-refractivity contribution in [2.24, 2.45) is 0 Å². The predicted octanol–water partition coefficient (Wildman–Crippen LogP) is -0.142. The zero-order chi connectivity index (χ0) is 19.6. The van der Waals surface area contributed by atoms with Crippen LogP contribution in [0.1, 0.15) is 34.6 Å². The van der Waals surface area contributed by atoms with Crippen LogP contribution in [0.15, 0.2) is 0 Å². The number of carbonyl (C=O) groups excluding carboxylic acids is 4. The molecule has 0 N–H and O–H groups in total. The maximum atomic E-state index is 11.6. The smallest absolute Gasteiger partial charge is 0.305 e. The molecule has 0 radical (unpaired) electrons. The van der Waals surface area contributed by atoms with Crippen molar-refractivity contribution in [1.82, 2.24) is 0 Å². The van der Waals surface area contributed by atoms with Crippen molar-refractivity contribution in [3.8, 4) is 0 Å². The van der Waals surface area contributed by atoms with Crippen molar-refractivity contribution in [2.45, 2.75) is 70.9 Å². The molecule has 0 aromatic carbocycles. The SMILES string of the molecule is CC(=O)OC1O[C@H]([C@]2(C)CO2)[C@@H](OC(C)=O)[C@@H](OC(C)=O)[C@@H]1OC(C)=O. The zero-order valence-corrected chi connectivity index (χ0v) is 15.2. The molecule has 0 aromatic rings. The molecule has 2 aliphatic rings. The van der Waals surface area contributed by atoms with E-state index in [4.69, 9.17) is 28.4 Å². The average Bonchev–Trinajstić information content (AvgIpc) is 3.21. The summed E-state index contributed by atoms with van der Waals surface area (Å²) < 4.78 is 31.9. The van der Waals surface area contributed by atoms with E-state index in [2.05, 4.69) is 0 Å². The Morgan fingerprint density at radius 3 is 1.62 bits per heavy atom. The van der Waals surface area contributed by atoms with Crippen LogP contribution in [0.2, 0.25) is 0 Å². The number of esters is 4. The first-order valence-corrected chi connectivity index (χ1v) is 8.02. The summed E-state index contributed by atoms with van der Waals surface area (Å²) in [5.74, 6) is -2.77. The summed E-state index contributed by atoms with van der Waals surface area (Å²) in [4.78, 5) is 46.1. The molecule has 0 spiro atoms. The highest BCUT2D eigenvalue weighted by Gasteiger charge is 2.62. The first-order chi connectivity index (χ1) is 12.0. The standard InChI is InChI=1S/C16H22O10/c1-7(17)22-11-12(23-8(2)18)14(16(5)6-21-16)26-15(25-10(4)20)13(11)24-9(3)19/h11-15H,6H2,1-5H3/t11-,12+,13+,14+,15?,16+/m1/s1. The summed E-state index contributed by atoms with van der Waals surface area (Å²) in [6.45, 7) is 6.61. The summed E-state index contributed by atoms with van der Waals surface area (Å²) in [7, 11) is 0. The fourth-order valence-corrected chi connectivity index (χ4v) is 2.80. The maximum Gasteiger partial charge on any atom is 0.305 e. The molecule has 2 rings (SSSR count). The topological polar surface area (TPSA) is 127 Å². The molecule has 26 heavy (non-hydrogen) atoms. The molecule has 0 aliphatic carbocycles. The predicted molar refractivity (Wildman–Crippen MR) is 81.4 cm³/mol. The number of hydrogen-bond acceptors (Lipinski definition) is 10. The van der Waals surface area contributed by atoms with Crippen LogP contribution >= 0.6 is 0 Å². The van der Waals surface area contributed by atoms with Gasteiger partial charge in [-0.1, -0.05) is 0 Å². The number of ether oxygens (including phenoxy) is 6. The summed E-state index contributed by atoms with van der Waals surface area (Å²) >= 11 is 0. The van der Waals surface area contributed by atoms with Gasteiger partial charge in [0.25, 0.3) is 0 Å². The van der Waals surface area contributed by atoms with E-state index in [1.165, 1.54) is 6.92 Å². The Kier molecular flexibility index (Phi) is 5.87. The van der Waals surface area contributed by atoms with Gasteiger partial charge in [-0.3, -0.25) is 19.2 Å². The Labute approximate surface area is 150 Å². The summed E-state index contributed by atoms with van der Waals surface area (Å²) in [5.41, 5.74) is -0.835. The molecule has 10 heteroatoms. The normalized spacial score (nSPS) is 35.8. The lowest BCUT2D eigenvalue weighted by Gasteiger charge is -2.44. The van der Waals surface area contributed by atoms with Gasteiger partial charge in [-0.25, -0.2) is 0 Å². The fourth-order valence-electron chi connectivity index (χ4n) is 2.80. The first kappa shape index (κ1) is 20.1. The summed E-state index contributed by atoms with van der Waals surface area (Å²) in [5, 5.41) is 0. The van der Waals surface area contributed by atoms with Crippen molar-refractivity contribution in [2.75, 3.05) is 6.61 Å². The van der Waals surface area contributed by atoms with Gasteiger partial charge in [-0.15, -0.1) is 0 Å². The van der Waals surface area contributed by atoms with Crippen molar-refractivity contribution in [3.05, 3.63) is 0 Å². The van der Waals surface area contributed by atoms with Gasteiger partial charge in [-0.05, 0) is 6.92 Å². The van der Waals surface area contributed by atoms with Crippen LogP contribution in [0.3, 0.4) is 0 Å². The molecule has 0 bridgehead atoms. The molecule has 2 heterocycles. The Morgan fingerprint density at radius 2 is 1.19 bits per heavy atom. The molecular formula is C16H22O10. The van der Waals surface area contributed by atoms with Crippen molar-refractivity contribution >= 4 is 23.9 Å². The Balaban J connectivity index is 2.43. The van der Waals surface area contributed by atoms with Crippen LogP contribution in [0.4, 0.5) is 0 Å². The number of epoxide rings is 1. The lowest BCUT2D eigenvalue weighted by Crippen LogP contribution is -2.65. The molecule has 2 saturated heterocycles. The van der Waals surface area contributed by atoms with Crippen LogP contribution < -0.4 is 0 Å². The van der Waals surface area contributed by atoms with Crippen LogP contribution in [0.25, 0.3) is 0 Å². The highest BCUT2D eigenvalue weighted by molar-refractivity contribution is 5.69. The van der Waals surface area contributed by atoms with E-state index in [-0.39, 0.29) is 0 Å². The molecule has 1 unspecified atom stereocenters. The quantitative estimate of drug-likeness (QED) is 0.364. The second-order valence-electron chi connectivity index (χ2n) is 6.36. The van der Waals surface area contributed by atoms with Gasteiger partial charge in [-0.2, -0.15) is 0 Å². The van der Waals surface area contributed by atoms with Crippen LogP contribution in [0.5, 0.6) is 0 Å². The van der Waals surface area contributed by atoms with Crippen LogP contribution in [-0.2, 0) is 47.6 Å². The zero-order valence-electron chi connectivity index (χ0n) is 15.2. The molecule has 146 valence electrons. The Hall–Kier alpha value is -2.20.